The van der Waals surface area contributed by atoms with Crippen molar-refractivity contribution in [1.82, 2.24) is 15.0 Å². The molecule has 2 rings (SSSR count). The number of pyridine rings is 1. The van der Waals surface area contributed by atoms with E-state index in [1.807, 2.05) is 0 Å². The summed E-state index contributed by atoms with van der Waals surface area (Å²) in [6.07, 6.45) is 2.60. The van der Waals surface area contributed by atoms with Crippen molar-refractivity contribution >= 4 is 27.4 Å². The fourth-order valence-electron chi connectivity index (χ4n) is 1.16. The van der Waals surface area contributed by atoms with E-state index in [9.17, 15) is 8.42 Å². The number of rotatable bonds is 3. The van der Waals surface area contributed by atoms with Crippen LogP contribution in [0.15, 0.2) is 29.6 Å². The second-order valence-electron chi connectivity index (χ2n) is 3.30. The molecule has 90 valence electrons. The number of hydrogen-bond donors (Lipinski definition) is 2. The molecule has 0 radical (unpaired) electrons. The Hall–Kier alpha value is -1.60. The van der Waals surface area contributed by atoms with Gasteiger partial charge in [0.25, 0.3) is 10.0 Å². The molecule has 0 spiro atoms. The van der Waals surface area contributed by atoms with Crippen LogP contribution in [0, 0.1) is 6.92 Å². The minimum absolute atomic E-state index is 0.00764. The molecule has 6 nitrogen and oxygen atoms in total. The van der Waals surface area contributed by atoms with Crippen molar-refractivity contribution in [3.05, 3.63) is 35.4 Å². The highest BCUT2D eigenvalue weighted by atomic mass is 35.5. The van der Waals surface area contributed by atoms with Crippen LogP contribution in [0.1, 0.15) is 5.82 Å². The molecule has 17 heavy (non-hydrogen) atoms. The zero-order valence-corrected chi connectivity index (χ0v) is 10.4. The van der Waals surface area contributed by atoms with E-state index >= 15 is 0 Å². The van der Waals surface area contributed by atoms with Crippen LogP contribution >= 0.6 is 11.6 Å². The molecule has 2 N–H and O–H groups in total. The van der Waals surface area contributed by atoms with Crippen LogP contribution in [0.3, 0.4) is 0 Å². The molecule has 2 aromatic rings. The summed E-state index contributed by atoms with van der Waals surface area (Å²) in [5, 5.41) is 0.428. The zero-order valence-electron chi connectivity index (χ0n) is 8.81. The fraction of sp³-hybridized carbons (Fsp3) is 0.111. The van der Waals surface area contributed by atoms with E-state index in [0.29, 0.717) is 10.8 Å². The molecule has 0 fully saturated rings. The van der Waals surface area contributed by atoms with Crippen molar-refractivity contribution in [1.29, 1.82) is 0 Å². The van der Waals surface area contributed by atoms with Gasteiger partial charge in [-0.05, 0) is 19.1 Å². The lowest BCUT2D eigenvalue weighted by Gasteiger charge is -2.04. The molecule has 0 aliphatic carbocycles. The van der Waals surface area contributed by atoms with E-state index in [2.05, 4.69) is 19.7 Å². The van der Waals surface area contributed by atoms with E-state index in [0.717, 1.165) is 0 Å². The number of aromatic nitrogens is 3. The topological polar surface area (TPSA) is 87.7 Å². The summed E-state index contributed by atoms with van der Waals surface area (Å²) in [5.41, 5.74) is 0. The lowest BCUT2D eigenvalue weighted by atomic mass is 10.5. The number of imidazole rings is 1. The Balaban J connectivity index is 2.26. The molecule has 0 amide bonds. The van der Waals surface area contributed by atoms with Crippen LogP contribution in [0.2, 0.25) is 5.02 Å². The van der Waals surface area contributed by atoms with Crippen LogP contribution in [0.5, 0.6) is 0 Å². The summed E-state index contributed by atoms with van der Waals surface area (Å²) >= 11 is 5.65. The van der Waals surface area contributed by atoms with E-state index in [-0.39, 0.29) is 10.8 Å². The molecule has 0 aliphatic heterocycles. The maximum absolute atomic E-state index is 11.8. The Morgan fingerprint density at radius 2 is 2.06 bits per heavy atom. The first-order chi connectivity index (χ1) is 7.97. The number of hydrogen-bond acceptors (Lipinski definition) is 4. The largest absolute Gasteiger partial charge is 0.332 e. The Labute approximate surface area is 103 Å². The van der Waals surface area contributed by atoms with Gasteiger partial charge in [0.05, 0.1) is 11.2 Å². The van der Waals surface area contributed by atoms with Crippen molar-refractivity contribution in [3.8, 4) is 0 Å². The third-order valence-electron chi connectivity index (χ3n) is 1.94. The summed E-state index contributed by atoms with van der Waals surface area (Å²) in [6.45, 7) is 1.67. The van der Waals surface area contributed by atoms with Gasteiger partial charge in [-0.2, -0.15) is 8.42 Å². The quantitative estimate of drug-likeness (QED) is 0.888. The van der Waals surface area contributed by atoms with Crippen molar-refractivity contribution < 1.29 is 8.42 Å². The van der Waals surface area contributed by atoms with E-state index in [1.54, 1.807) is 13.0 Å². The van der Waals surface area contributed by atoms with E-state index < -0.39 is 10.0 Å². The Morgan fingerprint density at radius 1 is 1.29 bits per heavy atom. The molecule has 0 saturated carbocycles. The van der Waals surface area contributed by atoms with Crippen LogP contribution in [0.4, 0.5) is 5.82 Å². The normalized spacial score (nSPS) is 11.4. The van der Waals surface area contributed by atoms with Crippen molar-refractivity contribution in [2.75, 3.05) is 4.72 Å². The van der Waals surface area contributed by atoms with Crippen LogP contribution in [0.25, 0.3) is 0 Å². The molecule has 0 unspecified atom stereocenters. The van der Waals surface area contributed by atoms with Gasteiger partial charge in [0, 0.05) is 6.20 Å². The van der Waals surface area contributed by atoms with Gasteiger partial charge in [-0.25, -0.2) is 9.97 Å². The summed E-state index contributed by atoms with van der Waals surface area (Å²) in [7, 11) is -3.68. The van der Waals surface area contributed by atoms with Gasteiger partial charge in [-0.3, -0.25) is 4.72 Å². The third-order valence-corrected chi connectivity index (χ3v) is 3.42. The zero-order chi connectivity index (χ0) is 12.5. The third kappa shape index (κ3) is 2.75. The monoisotopic (exact) mass is 272 g/mol. The average molecular weight is 273 g/mol. The number of nitrogens with zero attached hydrogens (tertiary/aromatic N) is 2. The first kappa shape index (κ1) is 11.9. The Morgan fingerprint density at radius 3 is 2.59 bits per heavy atom. The van der Waals surface area contributed by atoms with E-state index in [1.165, 1.54) is 18.5 Å². The second-order valence-corrected chi connectivity index (χ2v) is 5.39. The predicted octanol–water partition coefficient (Wildman–Crippen LogP) is 1.57. The van der Waals surface area contributed by atoms with Gasteiger partial charge in [-0.1, -0.05) is 11.6 Å². The molecule has 8 heteroatoms. The molecule has 2 aromatic heterocycles. The van der Waals surface area contributed by atoms with Gasteiger partial charge < -0.3 is 4.98 Å². The van der Waals surface area contributed by atoms with Gasteiger partial charge in [0.15, 0.2) is 5.03 Å². The molecule has 0 bridgehead atoms. The number of nitrogens with one attached hydrogen (secondary N) is 2. The number of aromatic amines is 1. The second kappa shape index (κ2) is 4.34. The molecule has 0 aromatic carbocycles. The first-order valence-corrected chi connectivity index (χ1v) is 6.49. The van der Waals surface area contributed by atoms with Gasteiger partial charge in [0.2, 0.25) is 0 Å². The molecule has 0 saturated heterocycles. The first-order valence-electron chi connectivity index (χ1n) is 4.63. The number of anilines is 1. The lowest BCUT2D eigenvalue weighted by Crippen LogP contribution is -2.14. The molecule has 0 aliphatic rings. The summed E-state index contributed by atoms with van der Waals surface area (Å²) < 4.78 is 26.0. The van der Waals surface area contributed by atoms with Crippen LogP contribution < -0.4 is 4.72 Å². The Kier molecular flexibility index (Phi) is 3.03. The van der Waals surface area contributed by atoms with Gasteiger partial charge in [-0.15, -0.1) is 0 Å². The van der Waals surface area contributed by atoms with Gasteiger partial charge >= 0.3 is 0 Å². The number of aryl methyl sites for hydroxylation is 1. The van der Waals surface area contributed by atoms with Crippen molar-refractivity contribution in [2.45, 2.75) is 11.9 Å². The maximum atomic E-state index is 11.8. The minimum Gasteiger partial charge on any atom is -0.332 e. The molecule has 2 heterocycles. The minimum atomic E-state index is -3.68. The van der Waals surface area contributed by atoms with Crippen LogP contribution in [-0.4, -0.2) is 23.4 Å². The highest BCUT2D eigenvalue weighted by Gasteiger charge is 2.16. The van der Waals surface area contributed by atoms with Crippen LogP contribution in [-0.2, 0) is 10.0 Å². The molecule has 0 atom stereocenters. The predicted molar refractivity (Wildman–Crippen MR) is 63.4 cm³/mol. The SMILES string of the molecule is Cc1ncc(S(=O)(=O)Nc2ccc(Cl)cn2)[nH]1. The fourth-order valence-corrected chi connectivity index (χ4v) is 2.26. The average Bonchev–Trinajstić information content (AvgIpc) is 2.69. The van der Waals surface area contributed by atoms with Gasteiger partial charge in [0.1, 0.15) is 11.6 Å². The Bertz CT molecular complexity index is 621. The standard InChI is InChI=1S/C9H9ClN4O2S/c1-6-11-5-9(13-6)17(15,16)14-8-3-2-7(10)4-12-8/h2-5H,1H3,(H,11,13)(H,12,14). The lowest BCUT2D eigenvalue weighted by molar-refractivity contribution is 0.598. The smallest absolute Gasteiger partial charge is 0.280 e. The number of halogens is 1. The highest BCUT2D eigenvalue weighted by Crippen LogP contribution is 2.14. The van der Waals surface area contributed by atoms with Crippen molar-refractivity contribution in [2.24, 2.45) is 0 Å². The maximum Gasteiger partial charge on any atom is 0.280 e. The van der Waals surface area contributed by atoms with E-state index in [4.69, 9.17) is 11.6 Å². The molecular formula is C9H9ClN4O2S. The molecular weight excluding hydrogens is 264 g/mol. The highest BCUT2D eigenvalue weighted by molar-refractivity contribution is 7.92. The summed E-state index contributed by atoms with van der Waals surface area (Å²) in [5.74, 6) is 0.719. The number of sulfonamides is 1. The van der Waals surface area contributed by atoms with Crippen molar-refractivity contribution in [3.63, 3.8) is 0 Å². The summed E-state index contributed by atoms with van der Waals surface area (Å²) in [4.78, 5) is 10.3. The number of H-pyrrole nitrogens is 1. The summed E-state index contributed by atoms with van der Waals surface area (Å²) in [6, 6.07) is 3.02.